The molecule has 8 heteroatoms. The summed E-state index contributed by atoms with van der Waals surface area (Å²) < 4.78 is 1.03. The molecule has 2 heterocycles. The van der Waals surface area contributed by atoms with Gasteiger partial charge in [-0.05, 0) is 41.0 Å². The molecule has 0 aromatic carbocycles. The summed E-state index contributed by atoms with van der Waals surface area (Å²) in [5, 5.41) is 0. The molecule has 1 aromatic heterocycles. The summed E-state index contributed by atoms with van der Waals surface area (Å²) in [6, 6.07) is 3.41. The van der Waals surface area contributed by atoms with Gasteiger partial charge in [-0.2, -0.15) is 0 Å². The second-order valence-electron chi connectivity index (χ2n) is 5.69. The molecule has 1 aliphatic rings. The van der Waals surface area contributed by atoms with Crippen molar-refractivity contribution in [2.45, 2.75) is 20.4 Å². The Hall–Kier alpha value is -1.25. The molecule has 0 N–H and O–H groups in total. The largest absolute Gasteiger partial charge is 0.335 e. The molecule has 0 unspecified atom stereocenters. The van der Waals surface area contributed by atoms with Crippen LogP contribution in [-0.2, 0) is 16.1 Å². The molecular weight excluding hydrogens is 370 g/mol. The number of urea groups is 1. The highest BCUT2D eigenvalue weighted by atomic mass is 79.9. The van der Waals surface area contributed by atoms with Crippen molar-refractivity contribution in [2.75, 3.05) is 20.3 Å². The maximum absolute atomic E-state index is 12.2. The number of hydrogen-bond acceptors (Lipinski definition) is 5. The summed E-state index contributed by atoms with van der Waals surface area (Å²) in [5.41, 5.74) is 0. The Labute approximate surface area is 141 Å². The first-order chi connectivity index (χ1) is 10.3. The van der Waals surface area contributed by atoms with Gasteiger partial charge in [0.1, 0.15) is 0 Å². The zero-order valence-electron chi connectivity index (χ0n) is 12.7. The van der Waals surface area contributed by atoms with E-state index < -0.39 is 17.8 Å². The fourth-order valence-corrected chi connectivity index (χ4v) is 3.76. The van der Waals surface area contributed by atoms with E-state index in [1.807, 2.05) is 37.9 Å². The third kappa shape index (κ3) is 3.74. The van der Waals surface area contributed by atoms with Crippen molar-refractivity contribution in [3.05, 3.63) is 20.8 Å². The third-order valence-electron chi connectivity index (χ3n) is 3.12. The van der Waals surface area contributed by atoms with Gasteiger partial charge in [-0.15, -0.1) is 11.3 Å². The van der Waals surface area contributed by atoms with Gasteiger partial charge in [0.05, 0.1) is 10.5 Å². The summed E-state index contributed by atoms with van der Waals surface area (Å²) in [6.45, 7) is 4.77. The summed E-state index contributed by atoms with van der Waals surface area (Å²) in [4.78, 5) is 41.1. The minimum absolute atomic E-state index is 0.105. The molecule has 1 fully saturated rings. The van der Waals surface area contributed by atoms with Crippen LogP contribution in [0.4, 0.5) is 4.79 Å². The molecule has 1 aromatic rings. The number of amides is 4. The van der Waals surface area contributed by atoms with Gasteiger partial charge < -0.3 is 0 Å². The molecule has 0 bridgehead atoms. The van der Waals surface area contributed by atoms with Crippen LogP contribution in [0.3, 0.4) is 0 Å². The van der Waals surface area contributed by atoms with Gasteiger partial charge in [0.15, 0.2) is 0 Å². The highest BCUT2D eigenvalue weighted by molar-refractivity contribution is 9.11. The Bertz CT molecular complexity index is 602. The summed E-state index contributed by atoms with van der Waals surface area (Å²) >= 11 is 4.99. The van der Waals surface area contributed by atoms with Crippen molar-refractivity contribution in [2.24, 2.45) is 5.92 Å². The molecule has 120 valence electrons. The van der Waals surface area contributed by atoms with Gasteiger partial charge >= 0.3 is 17.8 Å². The number of thiophene rings is 1. The lowest BCUT2D eigenvalue weighted by Gasteiger charge is -2.22. The summed E-state index contributed by atoms with van der Waals surface area (Å²) in [6.07, 6.45) is 0. The Morgan fingerprint density at radius 3 is 2.36 bits per heavy atom. The quantitative estimate of drug-likeness (QED) is 0.555. The molecule has 4 amide bonds. The Morgan fingerprint density at radius 1 is 1.18 bits per heavy atom. The van der Waals surface area contributed by atoms with Crippen LogP contribution in [0.1, 0.15) is 18.7 Å². The SMILES string of the molecule is CC(C)CN1C(=O)C(=O)N(CN(C)Cc2ccc(Br)s2)C1=O. The average molecular weight is 388 g/mol. The van der Waals surface area contributed by atoms with Gasteiger partial charge in [0.25, 0.3) is 0 Å². The molecule has 0 saturated carbocycles. The van der Waals surface area contributed by atoms with E-state index in [1.165, 1.54) is 0 Å². The van der Waals surface area contributed by atoms with Crippen LogP contribution < -0.4 is 0 Å². The first-order valence-corrected chi connectivity index (χ1v) is 8.50. The maximum atomic E-state index is 12.2. The minimum Gasteiger partial charge on any atom is -0.283 e. The summed E-state index contributed by atoms with van der Waals surface area (Å²) in [7, 11) is 1.81. The molecular formula is C14H18BrN3O3S. The van der Waals surface area contributed by atoms with Crippen LogP contribution in [0.2, 0.25) is 0 Å². The fraction of sp³-hybridized carbons (Fsp3) is 0.500. The van der Waals surface area contributed by atoms with E-state index in [4.69, 9.17) is 0 Å². The first-order valence-electron chi connectivity index (χ1n) is 6.89. The topological polar surface area (TPSA) is 60.9 Å². The normalized spacial score (nSPS) is 15.8. The van der Waals surface area contributed by atoms with Crippen LogP contribution in [0, 0.1) is 5.92 Å². The predicted octanol–water partition coefficient (Wildman–Crippen LogP) is 2.35. The van der Waals surface area contributed by atoms with Crippen molar-refractivity contribution in [1.82, 2.24) is 14.7 Å². The highest BCUT2D eigenvalue weighted by Gasteiger charge is 2.44. The van der Waals surface area contributed by atoms with E-state index in [0.29, 0.717) is 6.54 Å². The van der Waals surface area contributed by atoms with Crippen molar-refractivity contribution in [1.29, 1.82) is 0 Å². The van der Waals surface area contributed by atoms with Gasteiger partial charge in [0.2, 0.25) is 0 Å². The molecule has 0 radical (unpaired) electrons. The van der Waals surface area contributed by atoms with Gasteiger partial charge in [-0.25, -0.2) is 9.69 Å². The smallest absolute Gasteiger partial charge is 0.283 e. The van der Waals surface area contributed by atoms with E-state index in [0.717, 1.165) is 18.5 Å². The second-order valence-corrected chi connectivity index (χ2v) is 8.23. The predicted molar refractivity (Wildman–Crippen MR) is 87.1 cm³/mol. The zero-order chi connectivity index (χ0) is 16.4. The Morgan fingerprint density at radius 2 is 1.82 bits per heavy atom. The van der Waals surface area contributed by atoms with Gasteiger partial charge in [0, 0.05) is 18.0 Å². The molecule has 1 aliphatic heterocycles. The van der Waals surface area contributed by atoms with Crippen LogP contribution in [0.5, 0.6) is 0 Å². The van der Waals surface area contributed by atoms with E-state index in [9.17, 15) is 14.4 Å². The van der Waals surface area contributed by atoms with Gasteiger partial charge in [-0.3, -0.25) is 19.4 Å². The second kappa shape index (κ2) is 6.89. The van der Waals surface area contributed by atoms with Crippen molar-refractivity contribution >= 4 is 45.1 Å². The standard InChI is InChI=1S/C14H18BrN3O3S/c1-9(2)6-17-12(19)13(20)18(14(17)21)8-16(3)7-10-4-5-11(15)22-10/h4-5,9H,6-8H2,1-3H3. The van der Waals surface area contributed by atoms with E-state index >= 15 is 0 Å². The van der Waals surface area contributed by atoms with Crippen molar-refractivity contribution < 1.29 is 14.4 Å². The summed E-state index contributed by atoms with van der Waals surface area (Å²) in [5.74, 6) is -1.35. The lowest BCUT2D eigenvalue weighted by atomic mass is 10.2. The lowest BCUT2D eigenvalue weighted by molar-refractivity contribution is -0.144. The highest BCUT2D eigenvalue weighted by Crippen LogP contribution is 2.23. The molecule has 1 saturated heterocycles. The number of hydrogen-bond donors (Lipinski definition) is 0. The van der Waals surface area contributed by atoms with Crippen LogP contribution in [-0.4, -0.2) is 52.8 Å². The van der Waals surface area contributed by atoms with Crippen LogP contribution >= 0.6 is 27.3 Å². The minimum atomic E-state index is -0.745. The Balaban J connectivity index is 2.01. The van der Waals surface area contributed by atoms with Crippen molar-refractivity contribution in [3.8, 4) is 0 Å². The molecule has 6 nitrogen and oxygen atoms in total. The number of halogens is 1. The monoisotopic (exact) mass is 387 g/mol. The molecule has 0 spiro atoms. The van der Waals surface area contributed by atoms with Crippen LogP contribution in [0.15, 0.2) is 15.9 Å². The fourth-order valence-electron chi connectivity index (χ4n) is 2.20. The first kappa shape index (κ1) is 17.1. The number of carbonyl (C=O) groups excluding carboxylic acids is 3. The Kier molecular flexibility index (Phi) is 5.36. The van der Waals surface area contributed by atoms with Gasteiger partial charge in [-0.1, -0.05) is 13.8 Å². The molecule has 22 heavy (non-hydrogen) atoms. The number of rotatable bonds is 6. The number of imide groups is 2. The van der Waals surface area contributed by atoms with Crippen molar-refractivity contribution in [3.63, 3.8) is 0 Å². The number of carbonyl (C=O) groups is 3. The average Bonchev–Trinajstić information content (AvgIpc) is 2.91. The maximum Gasteiger partial charge on any atom is 0.335 e. The molecule has 0 aliphatic carbocycles. The molecule has 0 atom stereocenters. The number of nitrogens with zero attached hydrogens (tertiary/aromatic N) is 3. The molecule has 2 rings (SSSR count). The van der Waals surface area contributed by atoms with E-state index in [1.54, 1.807) is 11.3 Å². The van der Waals surface area contributed by atoms with E-state index in [-0.39, 0.29) is 19.1 Å². The zero-order valence-corrected chi connectivity index (χ0v) is 15.1. The third-order valence-corrected chi connectivity index (χ3v) is 4.73. The lowest BCUT2D eigenvalue weighted by Crippen LogP contribution is -2.41. The van der Waals surface area contributed by atoms with E-state index in [2.05, 4.69) is 15.9 Å². The van der Waals surface area contributed by atoms with Crippen LogP contribution in [0.25, 0.3) is 0 Å².